The third-order valence-electron chi connectivity index (χ3n) is 4.52. The minimum atomic E-state index is -4.61. The van der Waals surface area contributed by atoms with Crippen molar-refractivity contribution in [1.29, 1.82) is 0 Å². The summed E-state index contributed by atoms with van der Waals surface area (Å²) in [5.74, 6) is -2.11. The predicted octanol–water partition coefficient (Wildman–Crippen LogP) is 4.80. The second-order valence-electron chi connectivity index (χ2n) is 6.13. The molecule has 7 heteroatoms. The van der Waals surface area contributed by atoms with Crippen LogP contribution < -0.4 is 0 Å². The first-order valence-electron chi connectivity index (χ1n) is 7.83. The first-order valence-corrected chi connectivity index (χ1v) is 7.83. The molecule has 1 aliphatic rings. The number of nitrogens with zero attached hydrogens (tertiary/aromatic N) is 1. The van der Waals surface area contributed by atoms with E-state index in [1.165, 1.54) is 6.20 Å². The zero-order chi connectivity index (χ0) is 18.2. The Morgan fingerprint density at radius 1 is 1.24 bits per heavy atom. The number of hydrogen-bond acceptors (Lipinski definition) is 2. The topological polar surface area (TPSA) is 50.2 Å². The zero-order valence-electron chi connectivity index (χ0n) is 13.1. The first-order chi connectivity index (χ1) is 11.8. The number of hydrogen-bond donors (Lipinski definition) is 1. The van der Waals surface area contributed by atoms with E-state index in [1.807, 2.05) is 0 Å². The first kappa shape index (κ1) is 17.4. The Morgan fingerprint density at radius 3 is 2.64 bits per heavy atom. The summed E-state index contributed by atoms with van der Waals surface area (Å²) in [6.07, 6.45) is 0.392. The van der Waals surface area contributed by atoms with Gasteiger partial charge in [-0.2, -0.15) is 13.2 Å². The predicted molar refractivity (Wildman–Crippen MR) is 82.6 cm³/mol. The summed E-state index contributed by atoms with van der Waals surface area (Å²) in [6.45, 7) is 0. The van der Waals surface area contributed by atoms with Crippen LogP contribution in [0, 0.1) is 5.82 Å². The molecule has 3 nitrogen and oxygen atoms in total. The Hall–Kier alpha value is -2.44. The molecule has 0 fully saturated rings. The summed E-state index contributed by atoms with van der Waals surface area (Å²) in [4.78, 5) is 15.1. The third-order valence-corrected chi connectivity index (χ3v) is 4.52. The molecule has 1 atom stereocenters. The van der Waals surface area contributed by atoms with Crippen LogP contribution in [0.1, 0.15) is 41.9 Å². The lowest BCUT2D eigenvalue weighted by molar-refractivity contribution is -0.138. The average molecular weight is 353 g/mol. The molecule has 0 saturated carbocycles. The highest BCUT2D eigenvalue weighted by Crippen LogP contribution is 2.40. The SMILES string of the molecule is O=C(O)CC1CCCc2c(-c3ccc(C(F)(F)F)cc3F)cncc21. The van der Waals surface area contributed by atoms with Crippen LogP contribution in [-0.4, -0.2) is 16.1 Å². The fraction of sp³-hybridized carbons (Fsp3) is 0.333. The number of fused-ring (bicyclic) bond motifs is 1. The third kappa shape index (κ3) is 3.50. The Kier molecular flexibility index (Phi) is 4.49. The quantitative estimate of drug-likeness (QED) is 0.807. The number of carboxylic acids is 1. The van der Waals surface area contributed by atoms with Crippen molar-refractivity contribution in [2.75, 3.05) is 0 Å². The fourth-order valence-corrected chi connectivity index (χ4v) is 3.38. The monoisotopic (exact) mass is 353 g/mol. The van der Waals surface area contributed by atoms with E-state index in [0.29, 0.717) is 24.5 Å². The van der Waals surface area contributed by atoms with Gasteiger partial charge in [-0.3, -0.25) is 9.78 Å². The Labute approximate surface area is 141 Å². The van der Waals surface area contributed by atoms with Crippen LogP contribution in [0.15, 0.2) is 30.6 Å². The van der Waals surface area contributed by atoms with Gasteiger partial charge in [0.15, 0.2) is 0 Å². The Morgan fingerprint density at radius 2 is 2.00 bits per heavy atom. The fourth-order valence-electron chi connectivity index (χ4n) is 3.38. The van der Waals surface area contributed by atoms with Gasteiger partial charge in [0, 0.05) is 23.5 Å². The standard InChI is InChI=1S/C18H15F4NO2/c19-16-7-11(18(20,21)22)4-5-13(16)15-9-23-8-14-10(6-17(24)25)2-1-3-12(14)15/h4-5,7-10H,1-3,6H2,(H,24,25). The van der Waals surface area contributed by atoms with Crippen LogP contribution in [0.5, 0.6) is 0 Å². The van der Waals surface area contributed by atoms with Crippen LogP contribution in [0.25, 0.3) is 11.1 Å². The van der Waals surface area contributed by atoms with Gasteiger partial charge in [-0.25, -0.2) is 4.39 Å². The molecule has 3 rings (SSSR count). The number of rotatable bonds is 3. The Bertz CT molecular complexity index is 817. The van der Waals surface area contributed by atoms with Gasteiger partial charge in [-0.1, -0.05) is 6.07 Å². The lowest BCUT2D eigenvalue weighted by Crippen LogP contribution is -2.15. The number of halogens is 4. The molecular weight excluding hydrogens is 338 g/mol. The lowest BCUT2D eigenvalue weighted by atomic mass is 9.79. The number of aliphatic carboxylic acids is 1. The maximum absolute atomic E-state index is 14.3. The molecule has 1 aromatic carbocycles. The molecule has 25 heavy (non-hydrogen) atoms. The van der Waals surface area contributed by atoms with Crippen molar-refractivity contribution in [2.45, 2.75) is 37.8 Å². The zero-order valence-corrected chi connectivity index (χ0v) is 13.1. The van der Waals surface area contributed by atoms with E-state index in [-0.39, 0.29) is 17.9 Å². The molecule has 1 heterocycles. The van der Waals surface area contributed by atoms with Crippen molar-refractivity contribution < 1.29 is 27.5 Å². The van der Waals surface area contributed by atoms with Crippen LogP contribution in [0.4, 0.5) is 17.6 Å². The summed E-state index contributed by atoms with van der Waals surface area (Å²) in [7, 11) is 0. The second-order valence-corrected chi connectivity index (χ2v) is 6.13. The van der Waals surface area contributed by atoms with E-state index < -0.39 is 23.5 Å². The molecule has 0 amide bonds. The van der Waals surface area contributed by atoms with Gasteiger partial charge in [-0.15, -0.1) is 0 Å². The van der Waals surface area contributed by atoms with E-state index >= 15 is 0 Å². The average Bonchev–Trinajstić information content (AvgIpc) is 2.53. The number of benzene rings is 1. The van der Waals surface area contributed by atoms with Gasteiger partial charge in [0.2, 0.25) is 0 Å². The number of alkyl halides is 3. The summed E-state index contributed by atoms with van der Waals surface area (Å²) in [5.41, 5.74) is 0.944. The molecule has 0 aliphatic heterocycles. The van der Waals surface area contributed by atoms with E-state index in [0.717, 1.165) is 29.7 Å². The number of carbonyl (C=O) groups is 1. The molecule has 1 unspecified atom stereocenters. The van der Waals surface area contributed by atoms with Crippen LogP contribution in [-0.2, 0) is 17.4 Å². The summed E-state index contributed by atoms with van der Waals surface area (Å²) >= 11 is 0. The summed E-state index contributed by atoms with van der Waals surface area (Å²) in [5, 5.41) is 9.04. The number of aromatic nitrogens is 1. The minimum absolute atomic E-state index is 0.0480. The molecule has 2 aromatic rings. The molecule has 1 N–H and O–H groups in total. The summed E-state index contributed by atoms with van der Waals surface area (Å²) < 4.78 is 52.5. The van der Waals surface area contributed by atoms with Gasteiger partial charge in [0.05, 0.1) is 12.0 Å². The van der Waals surface area contributed by atoms with Gasteiger partial charge in [0.1, 0.15) is 5.82 Å². The van der Waals surface area contributed by atoms with Crippen molar-refractivity contribution in [1.82, 2.24) is 4.98 Å². The van der Waals surface area contributed by atoms with Crippen molar-refractivity contribution >= 4 is 5.97 Å². The van der Waals surface area contributed by atoms with Crippen LogP contribution in [0.3, 0.4) is 0 Å². The molecule has 0 bridgehead atoms. The number of carboxylic acid groups (broad SMARTS) is 1. The van der Waals surface area contributed by atoms with E-state index in [2.05, 4.69) is 4.98 Å². The molecule has 0 radical (unpaired) electrons. The highest BCUT2D eigenvalue weighted by Gasteiger charge is 2.32. The highest BCUT2D eigenvalue weighted by molar-refractivity contribution is 5.71. The molecule has 132 valence electrons. The van der Waals surface area contributed by atoms with Crippen molar-refractivity contribution in [3.63, 3.8) is 0 Å². The molecular formula is C18H15F4NO2. The van der Waals surface area contributed by atoms with Crippen molar-refractivity contribution in [3.05, 3.63) is 53.1 Å². The molecule has 1 aromatic heterocycles. The van der Waals surface area contributed by atoms with Gasteiger partial charge >= 0.3 is 12.1 Å². The summed E-state index contributed by atoms with van der Waals surface area (Å²) in [6, 6.07) is 2.43. The van der Waals surface area contributed by atoms with Crippen LogP contribution >= 0.6 is 0 Å². The van der Waals surface area contributed by atoms with E-state index in [4.69, 9.17) is 5.11 Å². The van der Waals surface area contributed by atoms with Gasteiger partial charge < -0.3 is 5.11 Å². The normalized spacial score (nSPS) is 17.2. The maximum Gasteiger partial charge on any atom is 0.416 e. The van der Waals surface area contributed by atoms with Crippen LogP contribution in [0.2, 0.25) is 0 Å². The second kappa shape index (κ2) is 6.46. The number of pyridine rings is 1. The molecule has 0 saturated heterocycles. The largest absolute Gasteiger partial charge is 0.481 e. The van der Waals surface area contributed by atoms with Gasteiger partial charge in [0.25, 0.3) is 0 Å². The smallest absolute Gasteiger partial charge is 0.416 e. The van der Waals surface area contributed by atoms with E-state index in [9.17, 15) is 22.4 Å². The minimum Gasteiger partial charge on any atom is -0.481 e. The maximum atomic E-state index is 14.3. The Balaban J connectivity index is 2.06. The van der Waals surface area contributed by atoms with Crippen molar-refractivity contribution in [2.24, 2.45) is 0 Å². The molecule has 1 aliphatic carbocycles. The molecule has 0 spiro atoms. The van der Waals surface area contributed by atoms with E-state index in [1.54, 1.807) is 6.20 Å². The highest BCUT2D eigenvalue weighted by atomic mass is 19.4. The lowest BCUT2D eigenvalue weighted by Gasteiger charge is -2.26. The van der Waals surface area contributed by atoms with Gasteiger partial charge in [-0.05, 0) is 48.4 Å². The van der Waals surface area contributed by atoms with Crippen molar-refractivity contribution in [3.8, 4) is 11.1 Å².